The second kappa shape index (κ2) is 5.81. The maximum absolute atomic E-state index is 6.13. The lowest BCUT2D eigenvalue weighted by molar-refractivity contribution is 0.174. The molecular weight excluding hydrogens is 318 g/mol. The van der Waals surface area contributed by atoms with E-state index < -0.39 is 0 Å². The summed E-state index contributed by atoms with van der Waals surface area (Å²) in [7, 11) is 0. The van der Waals surface area contributed by atoms with E-state index in [1.807, 2.05) is 36.4 Å². The molecule has 23 heavy (non-hydrogen) atoms. The van der Waals surface area contributed by atoms with Crippen LogP contribution in [0.2, 0.25) is 5.02 Å². The van der Waals surface area contributed by atoms with Gasteiger partial charge in [-0.2, -0.15) is 0 Å². The molecule has 1 aliphatic heterocycles. The number of fused-ring (bicyclic) bond motifs is 1. The Balaban J connectivity index is 1.47. The van der Waals surface area contributed by atoms with Crippen molar-refractivity contribution in [2.45, 2.75) is 6.54 Å². The summed E-state index contributed by atoms with van der Waals surface area (Å²) in [6, 6.07) is 13.0. The van der Waals surface area contributed by atoms with Crippen molar-refractivity contribution in [3.8, 4) is 23.0 Å². The molecule has 2 heterocycles. The van der Waals surface area contributed by atoms with Crippen LogP contribution in [0.15, 0.2) is 46.9 Å². The standard InChI is InChI=1S/C16H12ClN3O3/c17-12-4-2-1-3-11(12)16-20-19-15(23-16)8-18-10-5-6-13-14(7-10)22-9-21-13/h1-7,18H,8-9H2. The van der Waals surface area contributed by atoms with Gasteiger partial charge in [-0.05, 0) is 24.3 Å². The van der Waals surface area contributed by atoms with Crippen molar-refractivity contribution >= 4 is 17.3 Å². The van der Waals surface area contributed by atoms with Gasteiger partial charge in [0, 0.05) is 11.8 Å². The molecule has 0 amide bonds. The molecule has 0 fully saturated rings. The second-order valence-corrected chi connectivity index (χ2v) is 5.31. The number of benzene rings is 2. The van der Waals surface area contributed by atoms with Crippen LogP contribution in [-0.4, -0.2) is 17.0 Å². The molecule has 7 heteroatoms. The molecule has 1 aliphatic rings. The molecule has 0 saturated heterocycles. The molecule has 4 rings (SSSR count). The second-order valence-electron chi connectivity index (χ2n) is 4.90. The van der Waals surface area contributed by atoms with Gasteiger partial charge in [0.05, 0.1) is 17.1 Å². The summed E-state index contributed by atoms with van der Waals surface area (Å²) in [5.74, 6) is 2.34. The van der Waals surface area contributed by atoms with Crippen molar-refractivity contribution in [1.29, 1.82) is 0 Å². The highest BCUT2D eigenvalue weighted by atomic mass is 35.5. The number of nitrogens with zero attached hydrogens (tertiary/aromatic N) is 2. The fourth-order valence-corrected chi connectivity index (χ4v) is 2.47. The van der Waals surface area contributed by atoms with E-state index in [0.717, 1.165) is 22.7 Å². The molecule has 1 N–H and O–H groups in total. The van der Waals surface area contributed by atoms with Crippen LogP contribution in [0.25, 0.3) is 11.5 Å². The molecule has 0 spiro atoms. The Hall–Kier alpha value is -2.73. The summed E-state index contributed by atoms with van der Waals surface area (Å²) in [6.45, 7) is 0.654. The predicted molar refractivity (Wildman–Crippen MR) is 84.6 cm³/mol. The highest BCUT2D eigenvalue weighted by Crippen LogP contribution is 2.34. The monoisotopic (exact) mass is 329 g/mol. The van der Waals surface area contributed by atoms with E-state index in [1.54, 1.807) is 6.07 Å². The van der Waals surface area contributed by atoms with Gasteiger partial charge in [-0.3, -0.25) is 0 Å². The summed E-state index contributed by atoms with van der Waals surface area (Å²) >= 11 is 6.13. The first-order valence-corrected chi connectivity index (χ1v) is 7.38. The van der Waals surface area contributed by atoms with Crippen LogP contribution in [0.1, 0.15) is 5.89 Å². The normalized spacial score (nSPS) is 12.4. The fourth-order valence-electron chi connectivity index (χ4n) is 2.25. The number of nitrogens with one attached hydrogen (secondary N) is 1. The van der Waals surface area contributed by atoms with Crippen molar-refractivity contribution < 1.29 is 13.9 Å². The first kappa shape index (κ1) is 13.9. The molecule has 0 aliphatic carbocycles. The number of anilines is 1. The predicted octanol–water partition coefficient (Wildman–Crippen LogP) is 3.73. The van der Waals surface area contributed by atoms with E-state index >= 15 is 0 Å². The summed E-state index contributed by atoms with van der Waals surface area (Å²) in [5, 5.41) is 11.8. The molecule has 1 aromatic heterocycles. The molecule has 0 unspecified atom stereocenters. The van der Waals surface area contributed by atoms with E-state index in [2.05, 4.69) is 15.5 Å². The molecule has 0 atom stereocenters. The Morgan fingerprint density at radius 1 is 1.04 bits per heavy atom. The van der Waals surface area contributed by atoms with E-state index in [4.69, 9.17) is 25.5 Å². The molecular formula is C16H12ClN3O3. The summed E-state index contributed by atoms with van der Waals surface area (Å²) in [6.07, 6.45) is 0. The smallest absolute Gasteiger partial charge is 0.249 e. The number of aromatic nitrogens is 2. The van der Waals surface area contributed by atoms with Gasteiger partial charge < -0.3 is 19.2 Å². The minimum absolute atomic E-state index is 0.254. The van der Waals surface area contributed by atoms with Gasteiger partial charge in [0.1, 0.15) is 0 Å². The van der Waals surface area contributed by atoms with Crippen LogP contribution in [0, 0.1) is 0 Å². The van der Waals surface area contributed by atoms with Gasteiger partial charge in [-0.25, -0.2) is 0 Å². The van der Waals surface area contributed by atoms with Gasteiger partial charge in [-0.1, -0.05) is 23.7 Å². The molecule has 116 valence electrons. The van der Waals surface area contributed by atoms with E-state index in [9.17, 15) is 0 Å². The number of hydrogen-bond acceptors (Lipinski definition) is 6. The SMILES string of the molecule is Clc1ccccc1-c1nnc(CNc2ccc3c(c2)OCO3)o1. The van der Waals surface area contributed by atoms with Crippen LogP contribution in [0.4, 0.5) is 5.69 Å². The molecule has 0 radical (unpaired) electrons. The highest BCUT2D eigenvalue weighted by molar-refractivity contribution is 6.33. The summed E-state index contributed by atoms with van der Waals surface area (Å²) in [5.41, 5.74) is 1.60. The zero-order chi connectivity index (χ0) is 15.6. The molecule has 3 aromatic rings. The average molecular weight is 330 g/mol. The van der Waals surface area contributed by atoms with Crippen LogP contribution < -0.4 is 14.8 Å². The number of halogens is 1. The van der Waals surface area contributed by atoms with Crippen molar-refractivity contribution in [2.24, 2.45) is 0 Å². The van der Waals surface area contributed by atoms with Crippen molar-refractivity contribution in [2.75, 3.05) is 12.1 Å². The lowest BCUT2D eigenvalue weighted by atomic mass is 10.2. The van der Waals surface area contributed by atoms with Crippen LogP contribution >= 0.6 is 11.6 Å². The molecule has 6 nitrogen and oxygen atoms in total. The third-order valence-corrected chi connectivity index (χ3v) is 3.72. The van der Waals surface area contributed by atoms with Crippen LogP contribution in [0.3, 0.4) is 0 Å². The molecule has 2 aromatic carbocycles. The lowest BCUT2D eigenvalue weighted by Crippen LogP contribution is -1.99. The van der Waals surface area contributed by atoms with Gasteiger partial charge >= 0.3 is 0 Å². The van der Waals surface area contributed by atoms with Gasteiger partial charge in [0.15, 0.2) is 11.5 Å². The first-order valence-electron chi connectivity index (χ1n) is 7.00. The van der Waals surface area contributed by atoms with Crippen molar-refractivity contribution in [3.63, 3.8) is 0 Å². The third kappa shape index (κ3) is 2.80. The fraction of sp³-hybridized carbons (Fsp3) is 0.125. The minimum Gasteiger partial charge on any atom is -0.454 e. The molecule has 0 bridgehead atoms. The topological polar surface area (TPSA) is 69.4 Å². The minimum atomic E-state index is 0.254. The van der Waals surface area contributed by atoms with E-state index in [-0.39, 0.29) is 6.79 Å². The Kier molecular flexibility index (Phi) is 3.51. The third-order valence-electron chi connectivity index (χ3n) is 3.39. The lowest BCUT2D eigenvalue weighted by Gasteiger charge is -2.04. The zero-order valence-corrected chi connectivity index (χ0v) is 12.7. The Labute approximate surface area is 137 Å². The Bertz CT molecular complexity index is 850. The zero-order valence-electron chi connectivity index (χ0n) is 12.0. The average Bonchev–Trinajstić information content (AvgIpc) is 3.22. The Morgan fingerprint density at radius 3 is 2.83 bits per heavy atom. The number of hydrogen-bond donors (Lipinski definition) is 1. The number of ether oxygens (including phenoxy) is 2. The van der Waals surface area contributed by atoms with E-state index in [0.29, 0.717) is 23.3 Å². The summed E-state index contributed by atoms with van der Waals surface area (Å²) < 4.78 is 16.3. The van der Waals surface area contributed by atoms with Crippen LogP contribution in [0.5, 0.6) is 11.5 Å². The largest absolute Gasteiger partial charge is 0.454 e. The van der Waals surface area contributed by atoms with Gasteiger partial charge in [0.25, 0.3) is 0 Å². The molecule has 0 saturated carbocycles. The quantitative estimate of drug-likeness (QED) is 0.786. The maximum Gasteiger partial charge on any atom is 0.249 e. The van der Waals surface area contributed by atoms with Crippen molar-refractivity contribution in [3.05, 3.63) is 53.4 Å². The first-order chi connectivity index (χ1) is 11.3. The van der Waals surface area contributed by atoms with Gasteiger partial charge in [0.2, 0.25) is 18.6 Å². The highest BCUT2D eigenvalue weighted by Gasteiger charge is 2.14. The number of rotatable bonds is 4. The van der Waals surface area contributed by atoms with Crippen molar-refractivity contribution in [1.82, 2.24) is 10.2 Å². The summed E-state index contributed by atoms with van der Waals surface area (Å²) in [4.78, 5) is 0. The van der Waals surface area contributed by atoms with E-state index in [1.165, 1.54) is 0 Å². The van der Waals surface area contributed by atoms with Gasteiger partial charge in [-0.15, -0.1) is 10.2 Å². The van der Waals surface area contributed by atoms with Crippen LogP contribution in [-0.2, 0) is 6.54 Å². The Morgan fingerprint density at radius 2 is 1.91 bits per heavy atom. The maximum atomic E-state index is 6.13.